The van der Waals surface area contributed by atoms with E-state index in [4.69, 9.17) is 4.42 Å². The van der Waals surface area contributed by atoms with E-state index in [1.165, 1.54) is 6.42 Å². The number of amides is 1. The quantitative estimate of drug-likeness (QED) is 0.578. The van der Waals surface area contributed by atoms with Crippen LogP contribution in [0, 0.1) is 13.8 Å². The van der Waals surface area contributed by atoms with Gasteiger partial charge in [-0.25, -0.2) is 9.98 Å². The Kier molecular flexibility index (Phi) is 7.27. The fourth-order valence-electron chi connectivity index (χ4n) is 3.37. The highest BCUT2D eigenvalue weighted by molar-refractivity contribution is 5.94. The number of carbonyl (C=O) groups is 1. The van der Waals surface area contributed by atoms with Crippen LogP contribution >= 0.6 is 0 Å². The van der Waals surface area contributed by atoms with Crippen molar-refractivity contribution in [1.29, 1.82) is 0 Å². The first-order valence-electron chi connectivity index (χ1n) is 10.4. The van der Waals surface area contributed by atoms with Gasteiger partial charge in [-0.3, -0.25) is 4.79 Å². The largest absolute Gasteiger partial charge is 0.444 e. The average molecular weight is 398 g/mol. The Labute approximate surface area is 172 Å². The molecule has 0 bridgehead atoms. The lowest BCUT2D eigenvalue weighted by Gasteiger charge is -2.26. The highest BCUT2D eigenvalue weighted by atomic mass is 16.4. The van der Waals surface area contributed by atoms with Gasteiger partial charge in [-0.15, -0.1) is 0 Å². The number of hydrogen-bond acceptors (Lipinski definition) is 4. The molecule has 1 aromatic heterocycles. The predicted molar refractivity (Wildman–Crippen MR) is 114 cm³/mol. The maximum Gasteiger partial charge on any atom is 0.253 e. The van der Waals surface area contributed by atoms with Gasteiger partial charge in [0.25, 0.3) is 5.91 Å². The molecule has 0 unspecified atom stereocenters. The fraction of sp³-hybridized carbons (Fsp3) is 0.500. The first kappa shape index (κ1) is 20.9. The van der Waals surface area contributed by atoms with Crippen molar-refractivity contribution in [3.63, 3.8) is 0 Å². The molecule has 0 aliphatic carbocycles. The van der Waals surface area contributed by atoms with Crippen LogP contribution in [0.3, 0.4) is 0 Å². The minimum atomic E-state index is 0.121. The lowest BCUT2D eigenvalue weighted by molar-refractivity contribution is 0.0724. The number of carbonyl (C=O) groups excluding carboxylic acids is 1. The highest BCUT2D eigenvalue weighted by Gasteiger charge is 2.18. The molecular weight excluding hydrogens is 366 g/mol. The molecule has 2 aromatic rings. The Morgan fingerprint density at radius 3 is 2.69 bits per heavy atom. The van der Waals surface area contributed by atoms with Crippen LogP contribution in [-0.2, 0) is 13.1 Å². The molecule has 156 valence electrons. The van der Waals surface area contributed by atoms with E-state index < -0.39 is 0 Å². The fourth-order valence-corrected chi connectivity index (χ4v) is 3.37. The summed E-state index contributed by atoms with van der Waals surface area (Å²) in [6.45, 7) is 9.28. The summed E-state index contributed by atoms with van der Waals surface area (Å²) >= 11 is 0. The SMILES string of the molecule is CCNC(=NCc1cccc(C(=O)N2CCCCC2)c1)NCc1nc(C)c(C)o1. The molecular formula is C22H31N5O2. The number of nitrogens with one attached hydrogen (secondary N) is 2. The van der Waals surface area contributed by atoms with Gasteiger partial charge in [-0.2, -0.15) is 0 Å². The van der Waals surface area contributed by atoms with E-state index >= 15 is 0 Å². The summed E-state index contributed by atoms with van der Waals surface area (Å²) in [6, 6.07) is 7.77. The molecule has 3 rings (SSSR count). The third kappa shape index (κ3) is 5.82. The number of rotatable bonds is 6. The lowest BCUT2D eigenvalue weighted by atomic mass is 10.1. The van der Waals surface area contributed by atoms with Gasteiger partial charge in [0, 0.05) is 25.2 Å². The molecule has 2 heterocycles. The highest BCUT2D eigenvalue weighted by Crippen LogP contribution is 2.15. The van der Waals surface area contributed by atoms with E-state index in [1.54, 1.807) is 0 Å². The van der Waals surface area contributed by atoms with Crippen molar-refractivity contribution in [2.75, 3.05) is 19.6 Å². The molecule has 1 fully saturated rings. The summed E-state index contributed by atoms with van der Waals surface area (Å²) in [5.74, 6) is 2.28. The molecule has 1 saturated heterocycles. The minimum absolute atomic E-state index is 0.121. The molecule has 0 spiro atoms. The van der Waals surface area contributed by atoms with E-state index in [1.807, 2.05) is 49.9 Å². The third-order valence-electron chi connectivity index (χ3n) is 5.06. The van der Waals surface area contributed by atoms with Crippen LogP contribution in [0.15, 0.2) is 33.7 Å². The molecule has 1 aromatic carbocycles. The molecule has 0 radical (unpaired) electrons. The van der Waals surface area contributed by atoms with Crippen molar-refractivity contribution < 1.29 is 9.21 Å². The van der Waals surface area contributed by atoms with Crippen molar-refractivity contribution in [2.24, 2.45) is 4.99 Å². The van der Waals surface area contributed by atoms with Crippen LogP contribution in [0.4, 0.5) is 0 Å². The lowest BCUT2D eigenvalue weighted by Crippen LogP contribution is -2.37. The van der Waals surface area contributed by atoms with Crippen molar-refractivity contribution in [3.05, 3.63) is 52.7 Å². The van der Waals surface area contributed by atoms with Crippen molar-refractivity contribution in [2.45, 2.75) is 53.1 Å². The number of piperidine rings is 1. The third-order valence-corrected chi connectivity index (χ3v) is 5.06. The Balaban J connectivity index is 1.63. The van der Waals surface area contributed by atoms with Crippen molar-refractivity contribution >= 4 is 11.9 Å². The Morgan fingerprint density at radius 2 is 2.00 bits per heavy atom. The second kappa shape index (κ2) is 10.1. The zero-order chi connectivity index (χ0) is 20.6. The monoisotopic (exact) mass is 397 g/mol. The van der Waals surface area contributed by atoms with Gasteiger partial charge in [-0.05, 0) is 57.7 Å². The second-order valence-electron chi connectivity index (χ2n) is 7.35. The molecule has 2 N–H and O–H groups in total. The summed E-state index contributed by atoms with van der Waals surface area (Å²) in [5, 5.41) is 6.47. The molecule has 0 saturated carbocycles. The van der Waals surface area contributed by atoms with Crippen LogP contribution in [0.25, 0.3) is 0 Å². The van der Waals surface area contributed by atoms with E-state index in [2.05, 4.69) is 20.6 Å². The molecule has 7 nitrogen and oxygen atoms in total. The number of benzene rings is 1. The number of likely N-dealkylation sites (tertiary alicyclic amines) is 1. The summed E-state index contributed by atoms with van der Waals surface area (Å²) in [4.78, 5) is 23.7. The number of oxazole rings is 1. The Morgan fingerprint density at radius 1 is 1.21 bits per heavy atom. The van der Waals surface area contributed by atoms with Gasteiger partial charge in [0.15, 0.2) is 5.96 Å². The van der Waals surface area contributed by atoms with Gasteiger partial charge in [-0.1, -0.05) is 12.1 Å². The van der Waals surface area contributed by atoms with Gasteiger partial charge in [0.05, 0.1) is 18.8 Å². The first-order valence-corrected chi connectivity index (χ1v) is 10.4. The molecule has 29 heavy (non-hydrogen) atoms. The maximum atomic E-state index is 12.7. The van der Waals surface area contributed by atoms with Crippen LogP contribution < -0.4 is 10.6 Å². The smallest absolute Gasteiger partial charge is 0.253 e. The Bertz CT molecular complexity index is 833. The number of aromatic nitrogens is 1. The van der Waals surface area contributed by atoms with Crippen molar-refractivity contribution in [1.82, 2.24) is 20.5 Å². The van der Waals surface area contributed by atoms with Gasteiger partial charge in [0.1, 0.15) is 5.76 Å². The van der Waals surface area contributed by atoms with E-state index in [9.17, 15) is 4.79 Å². The molecule has 1 aliphatic rings. The molecule has 1 aliphatic heterocycles. The average Bonchev–Trinajstić information content (AvgIpc) is 3.07. The zero-order valence-electron chi connectivity index (χ0n) is 17.6. The van der Waals surface area contributed by atoms with E-state index in [0.29, 0.717) is 24.9 Å². The maximum absolute atomic E-state index is 12.7. The van der Waals surface area contributed by atoms with Gasteiger partial charge < -0.3 is 20.0 Å². The topological polar surface area (TPSA) is 82.8 Å². The number of nitrogens with zero attached hydrogens (tertiary/aromatic N) is 3. The van der Waals surface area contributed by atoms with Crippen LogP contribution in [0.2, 0.25) is 0 Å². The summed E-state index contributed by atoms with van der Waals surface area (Å²) in [6.07, 6.45) is 3.40. The number of aliphatic imine (C=N–C) groups is 1. The van der Waals surface area contributed by atoms with Crippen LogP contribution in [-0.4, -0.2) is 41.4 Å². The summed E-state index contributed by atoms with van der Waals surface area (Å²) in [7, 11) is 0. The normalized spacial score (nSPS) is 14.7. The van der Waals surface area contributed by atoms with Crippen LogP contribution in [0.1, 0.15) is 59.5 Å². The van der Waals surface area contributed by atoms with Crippen molar-refractivity contribution in [3.8, 4) is 0 Å². The predicted octanol–water partition coefficient (Wildman–Crippen LogP) is 3.17. The first-order chi connectivity index (χ1) is 14.1. The number of guanidine groups is 1. The van der Waals surface area contributed by atoms with Gasteiger partial charge >= 0.3 is 0 Å². The standard InChI is InChI=1S/C22H31N5O2/c1-4-23-22(25-15-20-26-16(2)17(3)29-20)24-14-18-9-8-10-19(13-18)21(28)27-11-6-5-7-12-27/h8-10,13H,4-7,11-12,14-15H2,1-3H3,(H2,23,24,25). The van der Waals surface area contributed by atoms with E-state index in [-0.39, 0.29) is 5.91 Å². The second-order valence-corrected chi connectivity index (χ2v) is 7.35. The van der Waals surface area contributed by atoms with Gasteiger partial charge in [0.2, 0.25) is 5.89 Å². The summed E-state index contributed by atoms with van der Waals surface area (Å²) < 4.78 is 5.61. The molecule has 7 heteroatoms. The molecule has 0 atom stereocenters. The minimum Gasteiger partial charge on any atom is -0.444 e. The zero-order valence-corrected chi connectivity index (χ0v) is 17.6. The Hall–Kier alpha value is -2.83. The molecule has 1 amide bonds. The summed E-state index contributed by atoms with van der Waals surface area (Å²) in [5.41, 5.74) is 2.65. The van der Waals surface area contributed by atoms with Crippen LogP contribution in [0.5, 0.6) is 0 Å². The van der Waals surface area contributed by atoms with E-state index in [0.717, 1.165) is 55.1 Å². The number of aryl methyl sites for hydroxylation is 2. The number of hydrogen-bond donors (Lipinski definition) is 2.